The van der Waals surface area contributed by atoms with Crippen molar-refractivity contribution in [3.63, 3.8) is 0 Å². The fraction of sp³-hybridized carbons (Fsp3) is 0.500. The van der Waals surface area contributed by atoms with Gasteiger partial charge in [-0.2, -0.15) is 0 Å². The highest BCUT2D eigenvalue weighted by Gasteiger charge is 2.41. The fourth-order valence-electron chi connectivity index (χ4n) is 1.72. The van der Waals surface area contributed by atoms with Gasteiger partial charge in [-0.05, 0) is 45.0 Å². The second-order valence-electron chi connectivity index (χ2n) is 5.36. The molecule has 0 aliphatic carbocycles. The number of sulfone groups is 1. The molecule has 1 rings (SSSR count). The van der Waals surface area contributed by atoms with Crippen LogP contribution in [0, 0.1) is 5.82 Å². The molecule has 0 atom stereocenters. The summed E-state index contributed by atoms with van der Waals surface area (Å²) in [7, 11) is -3.61. The molecule has 21 heavy (non-hydrogen) atoms. The number of carbonyl (C=O) groups is 1. The Morgan fingerprint density at radius 1 is 1.38 bits per heavy atom. The van der Waals surface area contributed by atoms with Crippen LogP contribution in [0.15, 0.2) is 24.3 Å². The van der Waals surface area contributed by atoms with Crippen LogP contribution in [0.5, 0.6) is 0 Å². The third-order valence-corrected chi connectivity index (χ3v) is 5.42. The van der Waals surface area contributed by atoms with E-state index in [9.17, 15) is 17.6 Å². The second kappa shape index (κ2) is 6.53. The summed E-state index contributed by atoms with van der Waals surface area (Å²) >= 11 is 0. The van der Waals surface area contributed by atoms with Crippen LogP contribution in [0.2, 0.25) is 0 Å². The number of benzene rings is 1. The van der Waals surface area contributed by atoms with E-state index >= 15 is 0 Å². The highest BCUT2D eigenvalue weighted by Crippen LogP contribution is 2.24. The van der Waals surface area contributed by atoms with Gasteiger partial charge < -0.3 is 10.6 Å². The van der Waals surface area contributed by atoms with E-state index in [1.807, 2.05) is 0 Å². The normalized spacial score (nSPS) is 12.2. The maximum atomic E-state index is 13.4. The zero-order valence-electron chi connectivity index (χ0n) is 12.5. The van der Waals surface area contributed by atoms with Crippen LogP contribution in [0.3, 0.4) is 0 Å². The van der Waals surface area contributed by atoms with Crippen LogP contribution >= 0.6 is 0 Å². The first-order valence-corrected chi connectivity index (χ1v) is 8.47. The topological polar surface area (TPSA) is 80.5 Å². The first kappa shape index (κ1) is 17.6. The van der Waals surface area contributed by atoms with E-state index in [1.165, 1.54) is 36.9 Å². The molecule has 0 radical (unpaired) electrons. The molecule has 5 nitrogen and oxygen atoms in total. The number of nitrogens with zero attached hydrogens (tertiary/aromatic N) is 1. The van der Waals surface area contributed by atoms with E-state index in [0.717, 1.165) is 6.26 Å². The Hall–Kier alpha value is -1.47. The van der Waals surface area contributed by atoms with Crippen LogP contribution < -0.4 is 10.6 Å². The molecule has 0 spiro atoms. The molecular formula is C14H21FN2O3S. The molecule has 0 saturated carbocycles. The molecule has 0 saturated heterocycles. The number of carbonyl (C=O) groups excluding carboxylic acids is 1. The minimum atomic E-state index is -3.61. The Kier molecular flexibility index (Phi) is 5.47. The summed E-state index contributed by atoms with van der Waals surface area (Å²) in [5.41, 5.74) is 5.77. The quantitative estimate of drug-likeness (QED) is 0.858. The Balaban J connectivity index is 3.23. The number of anilines is 1. The van der Waals surface area contributed by atoms with Crippen LogP contribution in [-0.4, -0.2) is 38.4 Å². The lowest BCUT2D eigenvalue weighted by Crippen LogP contribution is -2.50. The van der Waals surface area contributed by atoms with Gasteiger partial charge >= 0.3 is 0 Å². The number of nitrogens with two attached hydrogens (primary N) is 1. The van der Waals surface area contributed by atoms with Crippen molar-refractivity contribution in [2.24, 2.45) is 5.73 Å². The Labute approximate surface area is 124 Å². The van der Waals surface area contributed by atoms with Gasteiger partial charge in [0.1, 0.15) is 10.6 Å². The maximum Gasteiger partial charge on any atom is 0.247 e. The van der Waals surface area contributed by atoms with Crippen molar-refractivity contribution in [3.8, 4) is 0 Å². The van der Waals surface area contributed by atoms with E-state index in [4.69, 9.17) is 5.73 Å². The predicted molar refractivity (Wildman–Crippen MR) is 81.3 cm³/mol. The van der Waals surface area contributed by atoms with Gasteiger partial charge in [0, 0.05) is 18.5 Å². The van der Waals surface area contributed by atoms with Crippen LogP contribution in [0.1, 0.15) is 20.3 Å². The van der Waals surface area contributed by atoms with Crippen LogP contribution in [0.25, 0.3) is 0 Å². The number of rotatable bonds is 6. The van der Waals surface area contributed by atoms with Crippen molar-refractivity contribution in [2.45, 2.75) is 25.0 Å². The first-order chi connectivity index (χ1) is 9.61. The van der Waals surface area contributed by atoms with Gasteiger partial charge in [-0.3, -0.25) is 4.79 Å². The lowest BCUT2D eigenvalue weighted by atomic mass is 10.1. The SMILES string of the molecule is CC(C)(C(=O)N(CCCN)c1cccc(F)c1)S(C)(=O)=O. The van der Waals surface area contributed by atoms with Gasteiger partial charge in [0.15, 0.2) is 9.84 Å². The maximum absolute atomic E-state index is 13.4. The predicted octanol–water partition coefficient (Wildman–Crippen LogP) is 1.33. The van der Waals surface area contributed by atoms with Crippen molar-refractivity contribution in [3.05, 3.63) is 30.1 Å². The van der Waals surface area contributed by atoms with E-state index < -0.39 is 26.3 Å². The van der Waals surface area contributed by atoms with Crippen molar-refractivity contribution in [1.29, 1.82) is 0 Å². The van der Waals surface area contributed by atoms with Gasteiger partial charge in [0.05, 0.1) is 0 Å². The van der Waals surface area contributed by atoms with Gasteiger partial charge in [-0.1, -0.05) is 6.07 Å². The smallest absolute Gasteiger partial charge is 0.247 e. The molecular weight excluding hydrogens is 295 g/mol. The number of amides is 1. The molecule has 2 N–H and O–H groups in total. The molecule has 0 fully saturated rings. The highest BCUT2D eigenvalue weighted by atomic mass is 32.2. The zero-order chi connectivity index (χ0) is 16.3. The Morgan fingerprint density at radius 2 is 2.00 bits per heavy atom. The standard InChI is InChI=1S/C14H21FN2O3S/c1-14(2,21(3,19)20)13(18)17(9-5-8-16)12-7-4-6-11(15)10-12/h4,6-7,10H,5,8-9,16H2,1-3H3. The summed E-state index contributed by atoms with van der Waals surface area (Å²) in [4.78, 5) is 13.9. The lowest BCUT2D eigenvalue weighted by molar-refractivity contribution is -0.120. The monoisotopic (exact) mass is 316 g/mol. The first-order valence-electron chi connectivity index (χ1n) is 6.58. The number of hydrogen-bond donors (Lipinski definition) is 1. The average molecular weight is 316 g/mol. The Bertz CT molecular complexity index is 614. The summed E-state index contributed by atoms with van der Waals surface area (Å²) in [6.07, 6.45) is 1.50. The fourth-order valence-corrected chi connectivity index (χ4v) is 2.15. The largest absolute Gasteiger partial charge is 0.330 e. The summed E-state index contributed by atoms with van der Waals surface area (Å²) < 4.78 is 35.4. The van der Waals surface area contributed by atoms with E-state index in [0.29, 0.717) is 18.7 Å². The molecule has 0 heterocycles. The zero-order valence-corrected chi connectivity index (χ0v) is 13.3. The average Bonchev–Trinajstić information content (AvgIpc) is 2.37. The van der Waals surface area contributed by atoms with Gasteiger partial charge in [-0.25, -0.2) is 12.8 Å². The molecule has 0 aromatic heterocycles. The summed E-state index contributed by atoms with van der Waals surface area (Å²) in [6.45, 7) is 3.27. The minimum absolute atomic E-state index is 0.234. The Morgan fingerprint density at radius 3 is 2.48 bits per heavy atom. The minimum Gasteiger partial charge on any atom is -0.330 e. The van der Waals surface area contributed by atoms with Crippen LogP contribution in [0.4, 0.5) is 10.1 Å². The van der Waals surface area contributed by atoms with Gasteiger partial charge in [0.2, 0.25) is 5.91 Å². The van der Waals surface area contributed by atoms with Crippen molar-refractivity contribution < 1.29 is 17.6 Å². The molecule has 0 aliphatic heterocycles. The lowest BCUT2D eigenvalue weighted by Gasteiger charge is -2.30. The molecule has 1 amide bonds. The van der Waals surface area contributed by atoms with E-state index in [2.05, 4.69) is 0 Å². The molecule has 1 aromatic rings. The molecule has 0 bridgehead atoms. The van der Waals surface area contributed by atoms with E-state index in [-0.39, 0.29) is 6.54 Å². The van der Waals surface area contributed by atoms with Gasteiger partial charge in [0.25, 0.3) is 0 Å². The number of hydrogen-bond acceptors (Lipinski definition) is 4. The summed E-state index contributed by atoms with van der Waals surface area (Å²) in [6, 6.07) is 5.50. The molecule has 118 valence electrons. The molecule has 1 aromatic carbocycles. The van der Waals surface area contributed by atoms with Gasteiger partial charge in [-0.15, -0.1) is 0 Å². The molecule has 0 unspecified atom stereocenters. The van der Waals surface area contributed by atoms with Crippen molar-refractivity contribution in [1.82, 2.24) is 0 Å². The molecule has 0 aliphatic rings. The van der Waals surface area contributed by atoms with Crippen LogP contribution in [-0.2, 0) is 14.6 Å². The summed E-state index contributed by atoms with van der Waals surface area (Å²) in [5.74, 6) is -1.08. The number of halogens is 1. The molecule has 7 heteroatoms. The van der Waals surface area contributed by atoms with Crippen molar-refractivity contribution in [2.75, 3.05) is 24.2 Å². The van der Waals surface area contributed by atoms with Crippen molar-refractivity contribution >= 4 is 21.4 Å². The third-order valence-electron chi connectivity index (χ3n) is 3.39. The van der Waals surface area contributed by atoms with E-state index in [1.54, 1.807) is 6.07 Å². The second-order valence-corrected chi connectivity index (χ2v) is 7.93. The highest BCUT2D eigenvalue weighted by molar-refractivity contribution is 7.92. The summed E-state index contributed by atoms with van der Waals surface area (Å²) in [5, 5.41) is 0. The third kappa shape index (κ3) is 4.01.